The van der Waals surface area contributed by atoms with E-state index in [1.165, 1.54) is 5.56 Å². The number of hydrogen-bond donors (Lipinski definition) is 0. The fourth-order valence-electron chi connectivity index (χ4n) is 4.74. The zero-order chi connectivity index (χ0) is 22.9. The van der Waals surface area contributed by atoms with Crippen molar-refractivity contribution in [3.63, 3.8) is 0 Å². The maximum Gasteiger partial charge on any atom is 0.228 e. The molecule has 1 fully saturated rings. The van der Waals surface area contributed by atoms with Crippen LogP contribution in [0.15, 0.2) is 30.3 Å². The maximum atomic E-state index is 13.2. The van der Waals surface area contributed by atoms with Crippen LogP contribution in [0.3, 0.4) is 0 Å². The SMILES string of the molecule is Cc1nc([C@H]2CCCCN2C(=O)C(C)(C)C)nc2c1CCC(=O)N2CCc1ccccc1. The molecule has 32 heavy (non-hydrogen) atoms. The molecule has 1 atom stereocenters. The molecule has 1 saturated heterocycles. The van der Waals surface area contributed by atoms with Crippen molar-refractivity contribution in [2.75, 3.05) is 18.0 Å². The van der Waals surface area contributed by atoms with E-state index >= 15 is 0 Å². The van der Waals surface area contributed by atoms with Gasteiger partial charge in [-0.3, -0.25) is 14.5 Å². The number of anilines is 1. The summed E-state index contributed by atoms with van der Waals surface area (Å²) < 4.78 is 0. The minimum absolute atomic E-state index is 0.115. The van der Waals surface area contributed by atoms with Crippen molar-refractivity contribution in [1.29, 1.82) is 0 Å². The molecular formula is C26H34N4O2. The molecule has 3 heterocycles. The minimum atomic E-state index is -0.448. The predicted octanol–water partition coefficient (Wildman–Crippen LogP) is 4.41. The number of fused-ring (bicyclic) bond motifs is 1. The van der Waals surface area contributed by atoms with Gasteiger partial charge in [0.1, 0.15) is 5.82 Å². The molecule has 2 aliphatic rings. The lowest BCUT2D eigenvalue weighted by molar-refractivity contribution is -0.143. The smallest absolute Gasteiger partial charge is 0.228 e. The van der Waals surface area contributed by atoms with Crippen LogP contribution >= 0.6 is 0 Å². The highest BCUT2D eigenvalue weighted by atomic mass is 16.2. The van der Waals surface area contributed by atoms with Crippen LogP contribution in [0, 0.1) is 12.3 Å². The Balaban J connectivity index is 1.67. The van der Waals surface area contributed by atoms with Crippen LogP contribution in [0.25, 0.3) is 0 Å². The fraction of sp³-hybridized carbons (Fsp3) is 0.538. The van der Waals surface area contributed by atoms with E-state index in [1.807, 2.05) is 55.7 Å². The van der Waals surface area contributed by atoms with Gasteiger partial charge in [0.15, 0.2) is 5.82 Å². The number of benzene rings is 1. The molecule has 1 aromatic carbocycles. The summed E-state index contributed by atoms with van der Waals surface area (Å²) in [6.07, 6.45) is 4.86. The molecule has 0 radical (unpaired) electrons. The molecule has 1 aromatic heterocycles. The van der Waals surface area contributed by atoms with Gasteiger partial charge in [-0.25, -0.2) is 9.97 Å². The number of piperidine rings is 1. The molecule has 6 heteroatoms. The van der Waals surface area contributed by atoms with Gasteiger partial charge in [-0.05, 0) is 44.6 Å². The Bertz CT molecular complexity index is 997. The molecule has 2 amide bonds. The lowest BCUT2D eigenvalue weighted by atomic mass is 9.91. The standard InChI is InChI=1S/C26H34N4O2/c1-18-20-13-14-22(31)30(17-15-19-10-6-5-7-11-19)24(20)28-23(27-18)21-12-8-9-16-29(21)25(32)26(2,3)4/h5-7,10-11,21H,8-9,12-17H2,1-4H3/t21-/m1/s1. The average molecular weight is 435 g/mol. The van der Waals surface area contributed by atoms with Crippen molar-refractivity contribution in [1.82, 2.24) is 14.9 Å². The van der Waals surface area contributed by atoms with Gasteiger partial charge >= 0.3 is 0 Å². The largest absolute Gasteiger partial charge is 0.332 e. The van der Waals surface area contributed by atoms with E-state index in [4.69, 9.17) is 9.97 Å². The van der Waals surface area contributed by atoms with E-state index in [-0.39, 0.29) is 17.9 Å². The predicted molar refractivity (Wildman–Crippen MR) is 125 cm³/mol. The second-order valence-corrected chi connectivity index (χ2v) is 10.0. The van der Waals surface area contributed by atoms with E-state index in [1.54, 1.807) is 0 Å². The number of nitrogens with zero attached hydrogens (tertiary/aromatic N) is 4. The van der Waals surface area contributed by atoms with E-state index in [0.717, 1.165) is 49.3 Å². The van der Waals surface area contributed by atoms with Crippen molar-refractivity contribution < 1.29 is 9.59 Å². The van der Waals surface area contributed by atoms with Crippen LogP contribution in [0.1, 0.15) is 75.1 Å². The summed E-state index contributed by atoms with van der Waals surface area (Å²) in [5.74, 6) is 1.67. The molecule has 4 rings (SSSR count). The summed E-state index contributed by atoms with van der Waals surface area (Å²) in [5, 5.41) is 0. The zero-order valence-corrected chi connectivity index (χ0v) is 19.7. The summed E-state index contributed by atoms with van der Waals surface area (Å²) in [7, 11) is 0. The van der Waals surface area contributed by atoms with Gasteiger partial charge in [0.25, 0.3) is 0 Å². The van der Waals surface area contributed by atoms with Crippen LogP contribution in [0.4, 0.5) is 5.82 Å². The molecule has 0 saturated carbocycles. The van der Waals surface area contributed by atoms with Gasteiger partial charge < -0.3 is 4.90 Å². The van der Waals surface area contributed by atoms with Crippen LogP contribution in [0.5, 0.6) is 0 Å². The molecular weight excluding hydrogens is 400 g/mol. The van der Waals surface area contributed by atoms with Gasteiger partial charge in [-0.2, -0.15) is 0 Å². The normalized spacial score (nSPS) is 19.1. The molecule has 0 unspecified atom stereocenters. The van der Waals surface area contributed by atoms with E-state index in [0.29, 0.717) is 25.2 Å². The zero-order valence-electron chi connectivity index (χ0n) is 19.7. The van der Waals surface area contributed by atoms with Crippen molar-refractivity contribution in [2.24, 2.45) is 5.41 Å². The Morgan fingerprint density at radius 2 is 1.84 bits per heavy atom. The first-order valence-corrected chi connectivity index (χ1v) is 11.8. The fourth-order valence-corrected chi connectivity index (χ4v) is 4.74. The lowest BCUT2D eigenvalue weighted by Gasteiger charge is -2.39. The minimum Gasteiger partial charge on any atom is -0.332 e. The van der Waals surface area contributed by atoms with Crippen molar-refractivity contribution in [3.05, 3.63) is 53.0 Å². The summed E-state index contributed by atoms with van der Waals surface area (Å²) in [4.78, 5) is 39.7. The molecule has 170 valence electrons. The van der Waals surface area contributed by atoms with Gasteiger partial charge in [0.2, 0.25) is 11.8 Å². The number of aryl methyl sites for hydroxylation is 1. The Morgan fingerprint density at radius 3 is 2.56 bits per heavy atom. The van der Waals surface area contributed by atoms with Crippen LogP contribution in [-0.2, 0) is 22.4 Å². The summed E-state index contributed by atoms with van der Waals surface area (Å²) >= 11 is 0. The third-order valence-electron chi connectivity index (χ3n) is 6.53. The van der Waals surface area contributed by atoms with Gasteiger partial charge in [-0.15, -0.1) is 0 Å². The average Bonchev–Trinajstić information content (AvgIpc) is 2.78. The Kier molecular flexibility index (Phi) is 6.31. The molecule has 2 aliphatic heterocycles. The highest BCUT2D eigenvalue weighted by molar-refractivity contribution is 5.95. The maximum absolute atomic E-state index is 13.2. The highest BCUT2D eigenvalue weighted by Gasteiger charge is 2.37. The number of rotatable bonds is 4. The highest BCUT2D eigenvalue weighted by Crippen LogP contribution is 2.36. The first-order chi connectivity index (χ1) is 15.3. The Morgan fingerprint density at radius 1 is 1.09 bits per heavy atom. The second kappa shape index (κ2) is 9.00. The van der Waals surface area contributed by atoms with E-state index in [2.05, 4.69) is 12.1 Å². The summed E-state index contributed by atoms with van der Waals surface area (Å²) in [5.41, 5.74) is 2.74. The van der Waals surface area contributed by atoms with Crippen LogP contribution < -0.4 is 4.90 Å². The number of aromatic nitrogens is 2. The number of carbonyl (C=O) groups excluding carboxylic acids is 2. The van der Waals surface area contributed by atoms with Crippen LogP contribution in [0.2, 0.25) is 0 Å². The first kappa shape index (κ1) is 22.4. The van der Waals surface area contributed by atoms with E-state index in [9.17, 15) is 9.59 Å². The molecule has 6 nitrogen and oxygen atoms in total. The van der Waals surface area contributed by atoms with Crippen molar-refractivity contribution in [3.8, 4) is 0 Å². The first-order valence-electron chi connectivity index (χ1n) is 11.8. The summed E-state index contributed by atoms with van der Waals surface area (Å²) in [6.45, 7) is 9.23. The van der Waals surface area contributed by atoms with Gasteiger partial charge in [0.05, 0.1) is 6.04 Å². The van der Waals surface area contributed by atoms with Crippen LogP contribution in [-0.4, -0.2) is 39.8 Å². The van der Waals surface area contributed by atoms with Gasteiger partial charge in [-0.1, -0.05) is 51.1 Å². The third-order valence-corrected chi connectivity index (χ3v) is 6.53. The number of likely N-dealkylation sites (tertiary alicyclic amines) is 1. The van der Waals surface area contributed by atoms with Gasteiger partial charge in [0, 0.05) is 36.2 Å². The Hall–Kier alpha value is -2.76. The topological polar surface area (TPSA) is 66.4 Å². The Labute approximate surface area is 191 Å². The molecule has 0 bridgehead atoms. The molecule has 0 aliphatic carbocycles. The van der Waals surface area contributed by atoms with E-state index < -0.39 is 5.41 Å². The number of hydrogen-bond acceptors (Lipinski definition) is 4. The van der Waals surface area contributed by atoms with Crippen molar-refractivity contribution >= 4 is 17.6 Å². The lowest BCUT2D eigenvalue weighted by Crippen LogP contribution is -2.45. The van der Waals surface area contributed by atoms with Crippen molar-refractivity contribution in [2.45, 2.75) is 72.3 Å². The molecule has 2 aromatic rings. The number of carbonyl (C=O) groups is 2. The quantitative estimate of drug-likeness (QED) is 0.715. The molecule has 0 spiro atoms. The third kappa shape index (κ3) is 4.54. The molecule has 0 N–H and O–H groups in total. The summed E-state index contributed by atoms with van der Waals surface area (Å²) in [6, 6.07) is 10.1. The number of amides is 2. The monoisotopic (exact) mass is 434 g/mol. The second-order valence-electron chi connectivity index (χ2n) is 10.0.